The molecule has 0 amide bonds. The standard InChI is InChI=1S/C13H18O/c1-2-7-12(10-6-11-14)13-8-4-3-5-9-13/h2-5,8-9,12,14H,1,6-7,10-11H2. The van der Waals surface area contributed by atoms with E-state index < -0.39 is 0 Å². The number of allylic oxidation sites excluding steroid dienone is 1. The van der Waals surface area contributed by atoms with Crippen LogP contribution in [0.4, 0.5) is 0 Å². The van der Waals surface area contributed by atoms with Crippen LogP contribution >= 0.6 is 0 Å². The lowest BCUT2D eigenvalue weighted by Crippen LogP contribution is -1.99. The minimum absolute atomic E-state index is 0.278. The smallest absolute Gasteiger partial charge is 0.0431 e. The first kappa shape index (κ1) is 11.0. The molecule has 0 heterocycles. The average molecular weight is 190 g/mol. The highest BCUT2D eigenvalue weighted by Crippen LogP contribution is 2.24. The van der Waals surface area contributed by atoms with Crippen LogP contribution in [0.1, 0.15) is 30.7 Å². The molecule has 0 spiro atoms. The van der Waals surface area contributed by atoms with Crippen molar-refractivity contribution < 1.29 is 5.11 Å². The molecule has 1 heteroatoms. The van der Waals surface area contributed by atoms with Crippen LogP contribution in [-0.2, 0) is 0 Å². The molecule has 1 aromatic rings. The molecule has 0 aliphatic rings. The third kappa shape index (κ3) is 3.35. The molecular weight excluding hydrogens is 172 g/mol. The molecule has 0 aliphatic heterocycles. The van der Waals surface area contributed by atoms with Crippen molar-refractivity contribution in [2.24, 2.45) is 0 Å². The molecule has 1 unspecified atom stereocenters. The Balaban J connectivity index is 2.62. The minimum Gasteiger partial charge on any atom is -0.396 e. The topological polar surface area (TPSA) is 20.2 Å². The van der Waals surface area contributed by atoms with Crippen molar-refractivity contribution in [3.8, 4) is 0 Å². The highest BCUT2D eigenvalue weighted by Gasteiger charge is 2.08. The van der Waals surface area contributed by atoms with Gasteiger partial charge in [-0.2, -0.15) is 0 Å². The number of aliphatic hydroxyl groups is 1. The molecule has 76 valence electrons. The summed E-state index contributed by atoms with van der Waals surface area (Å²) in [6.45, 7) is 4.05. The number of benzene rings is 1. The fraction of sp³-hybridized carbons (Fsp3) is 0.385. The number of rotatable bonds is 6. The van der Waals surface area contributed by atoms with Gasteiger partial charge in [0.15, 0.2) is 0 Å². The second kappa shape index (κ2) is 6.39. The predicted octanol–water partition coefficient (Wildman–Crippen LogP) is 3.12. The van der Waals surface area contributed by atoms with Gasteiger partial charge in [-0.1, -0.05) is 36.4 Å². The Morgan fingerprint density at radius 2 is 2.00 bits per heavy atom. The van der Waals surface area contributed by atoms with Gasteiger partial charge in [0.2, 0.25) is 0 Å². The molecule has 1 rings (SSSR count). The van der Waals surface area contributed by atoms with Crippen LogP contribution in [0, 0.1) is 0 Å². The Labute approximate surface area is 86.1 Å². The van der Waals surface area contributed by atoms with Gasteiger partial charge >= 0.3 is 0 Å². The van der Waals surface area contributed by atoms with Crippen LogP contribution in [0.25, 0.3) is 0 Å². The number of aliphatic hydroxyl groups excluding tert-OH is 1. The molecule has 0 aromatic heterocycles. The van der Waals surface area contributed by atoms with Crippen molar-refractivity contribution in [2.45, 2.75) is 25.2 Å². The van der Waals surface area contributed by atoms with E-state index in [4.69, 9.17) is 5.11 Å². The van der Waals surface area contributed by atoms with Crippen LogP contribution in [-0.4, -0.2) is 11.7 Å². The van der Waals surface area contributed by atoms with E-state index in [1.165, 1.54) is 5.56 Å². The number of hydrogen-bond acceptors (Lipinski definition) is 1. The van der Waals surface area contributed by atoms with Gasteiger partial charge in [-0.25, -0.2) is 0 Å². The molecule has 0 fully saturated rings. The molecule has 1 aromatic carbocycles. The molecule has 0 aliphatic carbocycles. The molecule has 1 atom stereocenters. The van der Waals surface area contributed by atoms with Crippen LogP contribution in [0.3, 0.4) is 0 Å². The van der Waals surface area contributed by atoms with Crippen molar-refractivity contribution in [3.63, 3.8) is 0 Å². The molecule has 0 saturated heterocycles. The second-order valence-electron chi connectivity index (χ2n) is 3.50. The maximum Gasteiger partial charge on any atom is 0.0431 e. The predicted molar refractivity (Wildman–Crippen MR) is 60.3 cm³/mol. The zero-order chi connectivity index (χ0) is 10.2. The van der Waals surface area contributed by atoms with Crippen molar-refractivity contribution in [2.75, 3.05) is 6.61 Å². The average Bonchev–Trinajstić information content (AvgIpc) is 2.25. The van der Waals surface area contributed by atoms with E-state index in [2.05, 4.69) is 30.8 Å². The monoisotopic (exact) mass is 190 g/mol. The highest BCUT2D eigenvalue weighted by molar-refractivity contribution is 5.20. The van der Waals surface area contributed by atoms with Crippen molar-refractivity contribution >= 4 is 0 Å². The molecule has 0 saturated carbocycles. The lowest BCUT2D eigenvalue weighted by molar-refractivity contribution is 0.279. The van der Waals surface area contributed by atoms with Crippen LogP contribution in [0.2, 0.25) is 0 Å². The van der Waals surface area contributed by atoms with Gasteiger partial charge in [-0.15, -0.1) is 6.58 Å². The van der Waals surface area contributed by atoms with Gasteiger partial charge in [0.1, 0.15) is 0 Å². The largest absolute Gasteiger partial charge is 0.396 e. The van der Waals surface area contributed by atoms with Crippen LogP contribution in [0.15, 0.2) is 43.0 Å². The summed E-state index contributed by atoms with van der Waals surface area (Å²) in [5.74, 6) is 0.515. The Kier molecular flexibility index (Phi) is 5.02. The zero-order valence-electron chi connectivity index (χ0n) is 8.52. The maximum atomic E-state index is 8.80. The first-order valence-electron chi connectivity index (χ1n) is 5.15. The lowest BCUT2D eigenvalue weighted by Gasteiger charge is -2.14. The summed E-state index contributed by atoms with van der Waals surface area (Å²) in [4.78, 5) is 0. The fourth-order valence-corrected chi connectivity index (χ4v) is 1.68. The SMILES string of the molecule is C=CCC(CCCO)c1ccccc1. The number of hydrogen-bond donors (Lipinski definition) is 1. The molecule has 0 bridgehead atoms. The van der Waals surface area contributed by atoms with E-state index in [-0.39, 0.29) is 6.61 Å². The quantitative estimate of drug-likeness (QED) is 0.683. The summed E-state index contributed by atoms with van der Waals surface area (Å²) < 4.78 is 0. The molecule has 0 radical (unpaired) electrons. The Hall–Kier alpha value is -1.08. The van der Waals surface area contributed by atoms with Gasteiger partial charge in [0.05, 0.1) is 0 Å². The van der Waals surface area contributed by atoms with E-state index in [0.29, 0.717) is 5.92 Å². The summed E-state index contributed by atoms with van der Waals surface area (Å²) in [7, 11) is 0. The Bertz CT molecular complexity index is 253. The van der Waals surface area contributed by atoms with Crippen molar-refractivity contribution in [1.29, 1.82) is 0 Å². The van der Waals surface area contributed by atoms with Gasteiger partial charge in [-0.3, -0.25) is 0 Å². The third-order valence-corrected chi connectivity index (χ3v) is 2.43. The van der Waals surface area contributed by atoms with Gasteiger partial charge in [0, 0.05) is 6.61 Å². The molecule has 14 heavy (non-hydrogen) atoms. The lowest BCUT2D eigenvalue weighted by atomic mass is 9.91. The van der Waals surface area contributed by atoms with E-state index in [1.807, 2.05) is 12.1 Å². The Morgan fingerprint density at radius 3 is 2.57 bits per heavy atom. The normalized spacial score (nSPS) is 12.4. The summed E-state index contributed by atoms with van der Waals surface area (Å²) in [6.07, 6.45) is 4.85. The minimum atomic E-state index is 0.278. The fourth-order valence-electron chi connectivity index (χ4n) is 1.68. The first-order chi connectivity index (χ1) is 6.88. The van der Waals surface area contributed by atoms with E-state index in [0.717, 1.165) is 19.3 Å². The van der Waals surface area contributed by atoms with E-state index in [9.17, 15) is 0 Å². The van der Waals surface area contributed by atoms with Crippen LogP contribution in [0.5, 0.6) is 0 Å². The van der Waals surface area contributed by atoms with Crippen molar-refractivity contribution in [1.82, 2.24) is 0 Å². The second-order valence-corrected chi connectivity index (χ2v) is 3.50. The van der Waals surface area contributed by atoms with E-state index >= 15 is 0 Å². The van der Waals surface area contributed by atoms with Gasteiger partial charge in [0.25, 0.3) is 0 Å². The molecular formula is C13H18O. The van der Waals surface area contributed by atoms with Crippen LogP contribution < -0.4 is 0 Å². The summed E-state index contributed by atoms with van der Waals surface area (Å²) in [5.41, 5.74) is 1.35. The third-order valence-electron chi connectivity index (χ3n) is 2.43. The van der Waals surface area contributed by atoms with Crippen molar-refractivity contribution in [3.05, 3.63) is 48.6 Å². The summed E-state index contributed by atoms with van der Waals surface area (Å²) in [6, 6.07) is 10.4. The van der Waals surface area contributed by atoms with Gasteiger partial charge in [-0.05, 0) is 30.7 Å². The maximum absolute atomic E-state index is 8.80. The first-order valence-corrected chi connectivity index (χ1v) is 5.15. The highest BCUT2D eigenvalue weighted by atomic mass is 16.2. The summed E-state index contributed by atoms with van der Waals surface area (Å²) >= 11 is 0. The Morgan fingerprint density at radius 1 is 1.29 bits per heavy atom. The molecule has 1 nitrogen and oxygen atoms in total. The van der Waals surface area contributed by atoms with E-state index in [1.54, 1.807) is 0 Å². The summed E-state index contributed by atoms with van der Waals surface area (Å²) in [5, 5.41) is 8.80. The van der Waals surface area contributed by atoms with Gasteiger partial charge < -0.3 is 5.11 Å². The molecule has 1 N–H and O–H groups in total. The zero-order valence-corrected chi connectivity index (χ0v) is 8.52.